The maximum atomic E-state index is 5.79. The molecular formula is C8H5Cl3N2. The van der Waals surface area contributed by atoms with Gasteiger partial charge in [0.25, 0.3) is 0 Å². The van der Waals surface area contributed by atoms with Crippen molar-refractivity contribution >= 4 is 45.8 Å². The second kappa shape index (κ2) is 3.37. The molecule has 1 N–H and O–H groups in total. The number of fused-ring (bicyclic) bond motifs is 1. The Balaban J connectivity index is 2.62. The Morgan fingerprint density at radius 3 is 2.77 bits per heavy atom. The molecule has 1 aromatic heterocycles. The molecule has 13 heavy (non-hydrogen) atoms. The Morgan fingerprint density at radius 2 is 2.08 bits per heavy atom. The van der Waals surface area contributed by atoms with Gasteiger partial charge in [-0.15, -0.1) is 0 Å². The monoisotopic (exact) mass is 234 g/mol. The second-order valence-electron chi connectivity index (χ2n) is 2.58. The normalized spacial score (nSPS) is 11.4. The molecule has 0 bridgehead atoms. The topological polar surface area (TPSA) is 28.7 Å². The van der Waals surface area contributed by atoms with Crippen LogP contribution in [0, 0.1) is 0 Å². The Bertz CT molecular complexity index is 436. The number of nitrogens with one attached hydrogen (secondary N) is 1. The van der Waals surface area contributed by atoms with Gasteiger partial charge in [-0.05, 0) is 18.2 Å². The van der Waals surface area contributed by atoms with E-state index in [4.69, 9.17) is 34.8 Å². The molecule has 0 amide bonds. The van der Waals surface area contributed by atoms with Crippen molar-refractivity contribution in [1.82, 2.24) is 9.97 Å². The molecule has 2 aromatic rings. The maximum absolute atomic E-state index is 5.79. The van der Waals surface area contributed by atoms with Crippen LogP contribution in [-0.2, 0) is 0 Å². The average molecular weight is 236 g/mol. The van der Waals surface area contributed by atoms with E-state index in [0.29, 0.717) is 10.8 Å². The summed E-state index contributed by atoms with van der Waals surface area (Å²) in [6.45, 7) is 0. The number of hydrogen-bond donors (Lipinski definition) is 1. The van der Waals surface area contributed by atoms with Crippen molar-refractivity contribution < 1.29 is 0 Å². The van der Waals surface area contributed by atoms with Crippen molar-refractivity contribution in [3.8, 4) is 0 Å². The molecule has 0 unspecified atom stereocenters. The largest absolute Gasteiger partial charge is 0.340 e. The van der Waals surface area contributed by atoms with Crippen LogP contribution < -0.4 is 0 Å². The molecule has 2 nitrogen and oxygen atoms in total. The van der Waals surface area contributed by atoms with Crippen molar-refractivity contribution in [3.63, 3.8) is 0 Å². The fourth-order valence-corrected chi connectivity index (χ4v) is 1.48. The quantitative estimate of drug-likeness (QED) is 0.750. The van der Waals surface area contributed by atoms with Gasteiger partial charge in [0, 0.05) is 5.02 Å². The molecule has 2 rings (SSSR count). The zero-order valence-electron chi connectivity index (χ0n) is 6.39. The molecule has 0 radical (unpaired) electrons. The van der Waals surface area contributed by atoms with Crippen molar-refractivity contribution in [1.29, 1.82) is 0 Å². The lowest BCUT2D eigenvalue weighted by molar-refractivity contribution is 1.11. The highest BCUT2D eigenvalue weighted by atomic mass is 35.5. The van der Waals surface area contributed by atoms with Crippen molar-refractivity contribution in [2.24, 2.45) is 0 Å². The highest BCUT2D eigenvalue weighted by molar-refractivity contribution is 6.43. The Labute approximate surface area is 89.8 Å². The summed E-state index contributed by atoms with van der Waals surface area (Å²) in [4.78, 5) is 6.52. The minimum absolute atomic E-state index is 0.542. The molecule has 0 atom stereocenters. The molecular weight excluding hydrogens is 230 g/mol. The third-order valence-corrected chi connectivity index (χ3v) is 2.32. The molecule has 0 spiro atoms. The van der Waals surface area contributed by atoms with Gasteiger partial charge in [-0.3, -0.25) is 0 Å². The predicted octanol–water partition coefficient (Wildman–Crippen LogP) is 3.69. The van der Waals surface area contributed by atoms with E-state index in [1.165, 1.54) is 0 Å². The van der Waals surface area contributed by atoms with Gasteiger partial charge in [0.1, 0.15) is 5.82 Å². The number of rotatable bonds is 1. The fourth-order valence-electron chi connectivity index (χ4n) is 1.10. The van der Waals surface area contributed by atoms with Gasteiger partial charge in [0.2, 0.25) is 0 Å². The first-order valence-corrected chi connectivity index (χ1v) is 4.85. The van der Waals surface area contributed by atoms with E-state index >= 15 is 0 Å². The molecule has 0 aliphatic rings. The third kappa shape index (κ3) is 1.75. The number of benzene rings is 1. The van der Waals surface area contributed by atoms with E-state index in [9.17, 15) is 0 Å². The Morgan fingerprint density at radius 1 is 1.31 bits per heavy atom. The summed E-state index contributed by atoms with van der Waals surface area (Å²) in [6.07, 6.45) is 0. The van der Waals surface area contributed by atoms with E-state index in [1.54, 1.807) is 12.1 Å². The summed E-state index contributed by atoms with van der Waals surface area (Å²) in [5, 5.41) is 0.656. The number of nitrogens with zero attached hydrogens (tertiary/aromatic N) is 1. The molecule has 1 heterocycles. The van der Waals surface area contributed by atoms with Crippen LogP contribution in [0.3, 0.4) is 0 Å². The lowest BCUT2D eigenvalue weighted by Gasteiger charge is -1.90. The van der Waals surface area contributed by atoms with Gasteiger partial charge in [-0.1, -0.05) is 34.8 Å². The van der Waals surface area contributed by atoms with Crippen LogP contribution in [0.15, 0.2) is 18.2 Å². The van der Waals surface area contributed by atoms with Crippen LogP contribution in [0.1, 0.15) is 10.7 Å². The zero-order valence-corrected chi connectivity index (χ0v) is 8.66. The fraction of sp³-hybridized carbons (Fsp3) is 0.125. The Kier molecular flexibility index (Phi) is 2.37. The first-order chi connectivity index (χ1) is 6.16. The first kappa shape index (κ1) is 9.13. The number of halogens is 3. The van der Waals surface area contributed by atoms with E-state index < -0.39 is 4.84 Å². The molecule has 0 fully saturated rings. The van der Waals surface area contributed by atoms with Crippen LogP contribution in [0.5, 0.6) is 0 Å². The number of H-pyrrole nitrogens is 1. The van der Waals surface area contributed by atoms with E-state index in [1.807, 2.05) is 6.07 Å². The number of hydrogen-bond acceptors (Lipinski definition) is 1. The maximum Gasteiger partial charge on any atom is 0.165 e. The average Bonchev–Trinajstić information content (AvgIpc) is 2.46. The van der Waals surface area contributed by atoms with Gasteiger partial charge >= 0.3 is 0 Å². The zero-order chi connectivity index (χ0) is 9.42. The first-order valence-electron chi connectivity index (χ1n) is 3.60. The van der Waals surface area contributed by atoms with Gasteiger partial charge < -0.3 is 4.98 Å². The molecule has 5 heteroatoms. The summed E-state index contributed by atoms with van der Waals surface area (Å²) in [5.74, 6) is 0.542. The highest BCUT2D eigenvalue weighted by Gasteiger charge is 2.09. The highest BCUT2D eigenvalue weighted by Crippen LogP contribution is 2.25. The predicted molar refractivity (Wildman–Crippen MR) is 55.6 cm³/mol. The van der Waals surface area contributed by atoms with Crippen LogP contribution in [-0.4, -0.2) is 9.97 Å². The summed E-state index contributed by atoms with van der Waals surface area (Å²) in [6, 6.07) is 5.36. The van der Waals surface area contributed by atoms with E-state index in [2.05, 4.69) is 9.97 Å². The molecule has 0 aliphatic heterocycles. The molecule has 0 saturated heterocycles. The van der Waals surface area contributed by atoms with Gasteiger partial charge in [-0.25, -0.2) is 4.98 Å². The summed E-state index contributed by atoms with van der Waals surface area (Å²) in [7, 11) is 0. The van der Waals surface area contributed by atoms with Crippen molar-refractivity contribution in [3.05, 3.63) is 29.0 Å². The number of aromatic nitrogens is 2. The molecule has 0 saturated carbocycles. The SMILES string of the molecule is Clc1ccc2nc(C(Cl)Cl)[nH]c2c1. The number of imidazole rings is 1. The summed E-state index contributed by atoms with van der Waals surface area (Å²) < 4.78 is 0. The van der Waals surface area contributed by atoms with Gasteiger partial charge in [0.15, 0.2) is 4.84 Å². The van der Waals surface area contributed by atoms with Crippen LogP contribution >= 0.6 is 34.8 Å². The van der Waals surface area contributed by atoms with Crippen LogP contribution in [0.25, 0.3) is 11.0 Å². The van der Waals surface area contributed by atoms with Crippen molar-refractivity contribution in [2.75, 3.05) is 0 Å². The minimum Gasteiger partial charge on any atom is -0.340 e. The van der Waals surface area contributed by atoms with Gasteiger partial charge in [-0.2, -0.15) is 0 Å². The summed E-state index contributed by atoms with van der Waals surface area (Å²) >= 11 is 17.1. The van der Waals surface area contributed by atoms with E-state index in [-0.39, 0.29) is 0 Å². The summed E-state index contributed by atoms with van der Waals surface area (Å²) in [5.41, 5.74) is 1.65. The van der Waals surface area contributed by atoms with Crippen LogP contribution in [0.2, 0.25) is 5.02 Å². The Hall–Kier alpha value is -0.440. The third-order valence-electron chi connectivity index (χ3n) is 1.67. The van der Waals surface area contributed by atoms with E-state index in [0.717, 1.165) is 11.0 Å². The van der Waals surface area contributed by atoms with Crippen LogP contribution in [0.4, 0.5) is 0 Å². The smallest absolute Gasteiger partial charge is 0.165 e. The molecule has 68 valence electrons. The van der Waals surface area contributed by atoms with Gasteiger partial charge in [0.05, 0.1) is 11.0 Å². The standard InChI is InChI=1S/C8H5Cl3N2/c9-4-1-2-5-6(3-4)13-8(12-5)7(10)11/h1-3,7H,(H,12,13). The number of aromatic amines is 1. The lowest BCUT2D eigenvalue weighted by Crippen LogP contribution is -1.82. The second-order valence-corrected chi connectivity index (χ2v) is 4.12. The number of alkyl halides is 2. The molecule has 0 aliphatic carbocycles. The molecule has 1 aromatic carbocycles. The lowest BCUT2D eigenvalue weighted by atomic mass is 10.3. The minimum atomic E-state index is -0.633. The van der Waals surface area contributed by atoms with Crippen molar-refractivity contribution in [2.45, 2.75) is 4.84 Å².